The zero-order valence-electron chi connectivity index (χ0n) is 15.2. The van der Waals surface area contributed by atoms with Crippen LogP contribution in [-0.2, 0) is 4.79 Å². The van der Waals surface area contributed by atoms with E-state index >= 15 is 0 Å². The van der Waals surface area contributed by atoms with Crippen molar-refractivity contribution in [1.82, 2.24) is 4.98 Å². The topological polar surface area (TPSA) is 42.0 Å². The number of rotatable bonds is 5. The zero-order valence-corrected chi connectivity index (χ0v) is 16.0. The highest BCUT2D eigenvalue weighted by molar-refractivity contribution is 7.14. The predicted molar refractivity (Wildman–Crippen MR) is 111 cm³/mol. The van der Waals surface area contributed by atoms with E-state index in [1.807, 2.05) is 60.7 Å². The number of carbonyl (C=O) groups excluding carboxylic acids is 1. The minimum absolute atomic E-state index is 0.214. The monoisotopic (exact) mass is 406 g/mol. The Bertz CT molecular complexity index is 1090. The quantitative estimate of drug-likeness (QED) is 0.451. The van der Waals surface area contributed by atoms with Gasteiger partial charge in [-0.2, -0.15) is 0 Å². The van der Waals surface area contributed by atoms with Crippen molar-refractivity contribution in [1.29, 1.82) is 0 Å². The number of hydrogen-bond donors (Lipinski definition) is 1. The summed E-state index contributed by atoms with van der Waals surface area (Å²) in [4.78, 5) is 17.5. The summed E-state index contributed by atoms with van der Waals surface area (Å²) in [6, 6.07) is 22.6. The van der Waals surface area contributed by atoms with E-state index in [4.69, 9.17) is 0 Å². The highest BCUT2D eigenvalue weighted by Crippen LogP contribution is 2.29. The normalized spacial score (nSPS) is 10.9. The lowest BCUT2D eigenvalue weighted by molar-refractivity contribution is -0.116. The maximum absolute atomic E-state index is 13.5. The first kappa shape index (κ1) is 19.0. The van der Waals surface area contributed by atoms with E-state index in [2.05, 4.69) is 10.3 Å². The van der Waals surface area contributed by atoms with Crippen LogP contribution in [0.2, 0.25) is 0 Å². The van der Waals surface area contributed by atoms with Gasteiger partial charge in [0.15, 0.2) is 16.8 Å². The van der Waals surface area contributed by atoms with Crippen LogP contribution in [0.4, 0.5) is 13.9 Å². The Hall–Kier alpha value is -3.38. The second-order valence-corrected chi connectivity index (χ2v) is 7.27. The van der Waals surface area contributed by atoms with E-state index in [0.717, 1.165) is 23.3 Å². The number of halogens is 2. The first-order valence-corrected chi connectivity index (χ1v) is 9.81. The smallest absolute Gasteiger partial charge is 0.238 e. The van der Waals surface area contributed by atoms with Crippen molar-refractivity contribution >= 4 is 22.4 Å². The summed E-state index contributed by atoms with van der Waals surface area (Å²) < 4.78 is 26.6. The number of nitrogens with one attached hydrogen (secondary N) is 1. The van der Waals surface area contributed by atoms with Crippen LogP contribution >= 0.6 is 11.3 Å². The van der Waals surface area contributed by atoms with E-state index < -0.39 is 17.6 Å². The van der Waals surface area contributed by atoms with Gasteiger partial charge < -0.3 is 5.32 Å². The molecule has 1 amide bonds. The van der Waals surface area contributed by atoms with Gasteiger partial charge in [-0.05, 0) is 29.3 Å². The molecule has 4 aromatic rings. The molecular weight excluding hydrogens is 390 g/mol. The Kier molecular flexibility index (Phi) is 5.44. The third-order valence-electron chi connectivity index (χ3n) is 4.48. The zero-order chi connectivity index (χ0) is 20.2. The minimum atomic E-state index is -0.936. The summed E-state index contributed by atoms with van der Waals surface area (Å²) >= 11 is 1.23. The van der Waals surface area contributed by atoms with Crippen LogP contribution in [0, 0.1) is 11.6 Å². The molecule has 0 aliphatic carbocycles. The van der Waals surface area contributed by atoms with E-state index in [1.165, 1.54) is 17.4 Å². The molecule has 0 aliphatic rings. The number of amides is 1. The average molecular weight is 406 g/mol. The number of nitrogens with zero attached hydrogens (tertiary/aromatic N) is 1. The molecule has 0 aliphatic heterocycles. The third kappa shape index (κ3) is 4.22. The van der Waals surface area contributed by atoms with Gasteiger partial charge in [0.05, 0.1) is 11.6 Å². The van der Waals surface area contributed by atoms with E-state index in [-0.39, 0.29) is 5.91 Å². The fraction of sp³-hybridized carbons (Fsp3) is 0.0435. The molecule has 0 bridgehead atoms. The van der Waals surface area contributed by atoms with Gasteiger partial charge in [0.1, 0.15) is 0 Å². The van der Waals surface area contributed by atoms with Crippen molar-refractivity contribution in [2.45, 2.75) is 5.92 Å². The van der Waals surface area contributed by atoms with Crippen molar-refractivity contribution in [3.63, 3.8) is 0 Å². The first-order valence-electron chi connectivity index (χ1n) is 8.93. The van der Waals surface area contributed by atoms with Crippen molar-refractivity contribution in [2.75, 3.05) is 5.32 Å². The minimum Gasteiger partial charge on any atom is -0.301 e. The van der Waals surface area contributed by atoms with Gasteiger partial charge in [0, 0.05) is 10.9 Å². The molecule has 3 nitrogen and oxygen atoms in total. The molecule has 1 N–H and O–H groups in total. The molecule has 1 aromatic heterocycles. The van der Waals surface area contributed by atoms with Crippen molar-refractivity contribution in [3.05, 3.63) is 107 Å². The maximum atomic E-state index is 13.5. The van der Waals surface area contributed by atoms with Gasteiger partial charge in [0.2, 0.25) is 5.91 Å². The Labute approximate surface area is 170 Å². The first-order chi connectivity index (χ1) is 14.1. The summed E-state index contributed by atoms with van der Waals surface area (Å²) in [6.45, 7) is 0. The number of hydrogen-bond acceptors (Lipinski definition) is 3. The number of carbonyl (C=O) groups is 1. The lowest BCUT2D eigenvalue weighted by Gasteiger charge is -2.17. The van der Waals surface area contributed by atoms with Crippen molar-refractivity contribution in [3.8, 4) is 11.3 Å². The van der Waals surface area contributed by atoms with Gasteiger partial charge in [-0.15, -0.1) is 11.3 Å². The maximum Gasteiger partial charge on any atom is 0.238 e. The molecule has 0 saturated heterocycles. The fourth-order valence-corrected chi connectivity index (χ4v) is 3.81. The Morgan fingerprint density at radius 2 is 1.48 bits per heavy atom. The fourth-order valence-electron chi connectivity index (χ4n) is 3.08. The number of benzene rings is 3. The van der Waals surface area contributed by atoms with Gasteiger partial charge >= 0.3 is 0 Å². The highest BCUT2D eigenvalue weighted by Gasteiger charge is 2.23. The van der Waals surface area contributed by atoms with Gasteiger partial charge in [-0.1, -0.05) is 60.7 Å². The second-order valence-electron chi connectivity index (χ2n) is 6.41. The van der Waals surface area contributed by atoms with Crippen LogP contribution in [0.25, 0.3) is 11.3 Å². The van der Waals surface area contributed by atoms with Crippen LogP contribution in [0.1, 0.15) is 17.0 Å². The van der Waals surface area contributed by atoms with Crippen LogP contribution in [-0.4, -0.2) is 10.9 Å². The van der Waals surface area contributed by atoms with Gasteiger partial charge in [-0.3, -0.25) is 4.79 Å². The van der Waals surface area contributed by atoms with Gasteiger partial charge in [0.25, 0.3) is 0 Å². The lowest BCUT2D eigenvalue weighted by atomic mass is 9.90. The number of anilines is 1. The Morgan fingerprint density at radius 1 is 0.862 bits per heavy atom. The molecule has 29 heavy (non-hydrogen) atoms. The summed E-state index contributed by atoms with van der Waals surface area (Å²) in [7, 11) is 0. The summed E-state index contributed by atoms with van der Waals surface area (Å²) in [6.07, 6.45) is 0. The third-order valence-corrected chi connectivity index (χ3v) is 5.24. The molecule has 144 valence electrons. The van der Waals surface area contributed by atoms with Crippen LogP contribution in [0.3, 0.4) is 0 Å². The number of aromatic nitrogens is 1. The summed E-state index contributed by atoms with van der Waals surface area (Å²) in [5.74, 6) is -2.55. The second kappa shape index (κ2) is 8.32. The Morgan fingerprint density at radius 3 is 2.07 bits per heavy atom. The van der Waals surface area contributed by atoms with Gasteiger partial charge in [-0.25, -0.2) is 13.8 Å². The average Bonchev–Trinajstić information content (AvgIpc) is 3.20. The van der Waals surface area contributed by atoms with Crippen molar-refractivity contribution in [2.24, 2.45) is 0 Å². The van der Waals surface area contributed by atoms with Crippen molar-refractivity contribution < 1.29 is 13.6 Å². The van der Waals surface area contributed by atoms with Crippen LogP contribution in [0.5, 0.6) is 0 Å². The molecular formula is C23H16F2N2OS. The molecule has 0 atom stereocenters. The summed E-state index contributed by atoms with van der Waals surface area (Å²) in [5, 5.41) is 4.95. The molecule has 0 unspecified atom stereocenters. The van der Waals surface area contributed by atoms with Crippen LogP contribution in [0.15, 0.2) is 84.2 Å². The predicted octanol–water partition coefficient (Wildman–Crippen LogP) is 5.86. The standard InChI is InChI=1S/C23H16F2N2OS/c24-18-12-11-17(13-19(18)25)20-14-29-23(26-20)27-22(28)21(15-7-3-1-4-8-15)16-9-5-2-6-10-16/h1-14,21H,(H,26,27,28). The molecule has 6 heteroatoms. The summed E-state index contributed by atoms with van der Waals surface area (Å²) in [5.41, 5.74) is 2.66. The Balaban J connectivity index is 1.60. The molecule has 0 saturated carbocycles. The molecule has 3 aromatic carbocycles. The van der Waals surface area contributed by atoms with E-state index in [0.29, 0.717) is 16.4 Å². The lowest BCUT2D eigenvalue weighted by Crippen LogP contribution is -2.22. The van der Waals surface area contributed by atoms with Crippen LogP contribution < -0.4 is 5.32 Å². The molecule has 4 rings (SSSR count). The molecule has 0 fully saturated rings. The molecule has 0 radical (unpaired) electrons. The molecule has 1 heterocycles. The largest absolute Gasteiger partial charge is 0.301 e. The SMILES string of the molecule is O=C(Nc1nc(-c2ccc(F)c(F)c2)cs1)C(c1ccccc1)c1ccccc1. The van der Waals surface area contributed by atoms with E-state index in [9.17, 15) is 13.6 Å². The molecule has 0 spiro atoms. The number of thiazole rings is 1. The van der Waals surface area contributed by atoms with E-state index in [1.54, 1.807) is 5.38 Å². The highest BCUT2D eigenvalue weighted by atomic mass is 32.1.